The predicted octanol–water partition coefficient (Wildman–Crippen LogP) is 6.08. The molecule has 0 unspecified atom stereocenters. The van der Waals surface area contributed by atoms with Gasteiger partial charge in [-0.2, -0.15) is 8.42 Å². The quantitative estimate of drug-likeness (QED) is 0.309. The van der Waals surface area contributed by atoms with Crippen LogP contribution < -0.4 is 9.46 Å². The minimum Gasteiger partial charge on any atom is -0.486 e. The van der Waals surface area contributed by atoms with E-state index >= 15 is 0 Å². The number of aliphatic hydroxyl groups is 2. The molecule has 9 nitrogen and oxygen atoms in total. The van der Waals surface area contributed by atoms with Crippen molar-refractivity contribution >= 4 is 16.1 Å². The highest BCUT2D eigenvalue weighted by Crippen LogP contribution is 2.69. The van der Waals surface area contributed by atoms with Crippen molar-refractivity contribution in [2.75, 3.05) is 6.61 Å². The van der Waals surface area contributed by atoms with Gasteiger partial charge in [-0.15, -0.1) is 0 Å². The van der Waals surface area contributed by atoms with Crippen molar-refractivity contribution < 1.29 is 32.9 Å². The maximum Gasteiger partial charge on any atom is 0.421 e. The van der Waals surface area contributed by atoms with E-state index < -0.39 is 16.1 Å². The number of aromatic nitrogens is 1. The molecule has 3 N–H and O–H groups in total. The Morgan fingerprint density at radius 3 is 2.38 bits per heavy atom. The van der Waals surface area contributed by atoms with Crippen LogP contribution in [0, 0.1) is 52.3 Å². The lowest BCUT2D eigenvalue weighted by Crippen LogP contribution is -2.62. The lowest BCUT2D eigenvalue weighted by Gasteiger charge is -2.64. The fourth-order valence-corrected chi connectivity index (χ4v) is 11.9. The largest absolute Gasteiger partial charge is 0.486 e. The first kappa shape index (κ1) is 33.0. The number of nitrogens with one attached hydrogen (secondary N) is 1. The molecule has 0 saturated heterocycles. The van der Waals surface area contributed by atoms with Crippen LogP contribution in [0.15, 0.2) is 23.4 Å². The molecular formula is C35H54N2O7S. The first-order chi connectivity index (χ1) is 21.2. The summed E-state index contributed by atoms with van der Waals surface area (Å²) in [7, 11) is -4.19. The van der Waals surface area contributed by atoms with Crippen LogP contribution in [-0.4, -0.2) is 54.1 Å². The average molecular weight is 647 g/mol. The van der Waals surface area contributed by atoms with E-state index in [0.717, 1.165) is 70.6 Å². The topological polar surface area (TPSA) is 135 Å². The van der Waals surface area contributed by atoms with Gasteiger partial charge in [0.1, 0.15) is 11.4 Å². The Kier molecular flexibility index (Phi) is 8.77. The number of pyridine rings is 1. The van der Waals surface area contributed by atoms with E-state index in [0.29, 0.717) is 29.4 Å². The fraction of sp³-hybridized carbons (Fsp3) is 0.829. The molecule has 0 aromatic carbocycles. The van der Waals surface area contributed by atoms with Crippen LogP contribution in [0.4, 0.5) is 4.79 Å². The molecule has 0 bridgehead atoms. The van der Waals surface area contributed by atoms with E-state index in [1.54, 1.807) is 6.07 Å². The lowest BCUT2D eigenvalue weighted by molar-refractivity contribution is -0.203. The second-order valence-electron chi connectivity index (χ2n) is 16.0. The standard InChI is InChI=1S/C35H54N2O7S/c1-6-24-28-18-22(38)12-16-35(28,5)27-13-17-34(4)25(9-10-26(34)30(27)31(24)39)21(2)20-43-32(40)37-45(41,42)29-11-8-23(19-36-29)44-33(3)14-7-15-33/h8,11,19,21-22,24-28,30-31,38-39H,6-7,9-10,12-18,20H2,1-5H3,(H,37,40)/t21-,22-,24-,25-,26+,27+,28+,30+,31-,34-,35-/m1/s1. The maximum atomic E-state index is 12.9. The van der Waals surface area contributed by atoms with Gasteiger partial charge in [-0.3, -0.25) is 0 Å². The molecule has 10 heteroatoms. The van der Waals surface area contributed by atoms with Gasteiger partial charge in [-0.25, -0.2) is 14.5 Å². The highest BCUT2D eigenvalue weighted by molar-refractivity contribution is 7.90. The Balaban J connectivity index is 1.08. The van der Waals surface area contributed by atoms with E-state index in [-0.39, 0.29) is 58.0 Å². The third-order valence-electron chi connectivity index (χ3n) is 13.6. The summed E-state index contributed by atoms with van der Waals surface area (Å²) >= 11 is 0. The van der Waals surface area contributed by atoms with Crippen LogP contribution in [0.2, 0.25) is 0 Å². The molecular weight excluding hydrogens is 592 g/mol. The van der Waals surface area contributed by atoms with Gasteiger partial charge in [0, 0.05) is 0 Å². The monoisotopic (exact) mass is 646 g/mol. The number of rotatable bonds is 8. The van der Waals surface area contributed by atoms with Crippen molar-refractivity contribution in [3.8, 4) is 5.75 Å². The molecule has 0 aliphatic heterocycles. The molecule has 5 fully saturated rings. The van der Waals surface area contributed by atoms with Crippen molar-refractivity contribution in [3.05, 3.63) is 18.3 Å². The van der Waals surface area contributed by atoms with Gasteiger partial charge in [0.2, 0.25) is 0 Å². The van der Waals surface area contributed by atoms with E-state index in [2.05, 4.69) is 32.7 Å². The summed E-state index contributed by atoms with van der Waals surface area (Å²) < 4.78 is 39.2. The summed E-state index contributed by atoms with van der Waals surface area (Å²) in [5.74, 6) is 2.54. The van der Waals surface area contributed by atoms with Crippen LogP contribution >= 0.6 is 0 Å². The molecule has 1 heterocycles. The van der Waals surface area contributed by atoms with Crippen LogP contribution in [-0.2, 0) is 14.8 Å². The van der Waals surface area contributed by atoms with Gasteiger partial charge in [-0.1, -0.05) is 34.1 Å². The molecule has 1 aromatic rings. The average Bonchev–Trinajstić information content (AvgIpc) is 3.33. The number of carbonyl (C=O) groups excluding carboxylic acids is 1. The molecule has 45 heavy (non-hydrogen) atoms. The summed E-state index contributed by atoms with van der Waals surface area (Å²) in [6.45, 7) is 11.3. The van der Waals surface area contributed by atoms with Crippen molar-refractivity contribution in [2.45, 2.75) is 128 Å². The molecule has 11 atom stereocenters. The number of hydrogen-bond acceptors (Lipinski definition) is 8. The van der Waals surface area contributed by atoms with Gasteiger partial charge in [-0.05, 0) is 136 Å². The summed E-state index contributed by atoms with van der Waals surface area (Å²) in [6, 6.07) is 2.90. The Morgan fingerprint density at radius 1 is 1.02 bits per heavy atom. The zero-order valence-electron chi connectivity index (χ0n) is 27.7. The van der Waals surface area contributed by atoms with Crippen LogP contribution in [0.3, 0.4) is 0 Å². The van der Waals surface area contributed by atoms with Gasteiger partial charge in [0.05, 0.1) is 25.0 Å². The summed E-state index contributed by atoms with van der Waals surface area (Å²) in [5.41, 5.74) is -0.0578. The van der Waals surface area contributed by atoms with Gasteiger partial charge in [0.25, 0.3) is 10.0 Å². The molecule has 5 aliphatic carbocycles. The van der Waals surface area contributed by atoms with Crippen molar-refractivity contribution in [3.63, 3.8) is 0 Å². The molecule has 252 valence electrons. The Bertz CT molecular complexity index is 1350. The van der Waals surface area contributed by atoms with Gasteiger partial charge >= 0.3 is 6.09 Å². The summed E-state index contributed by atoms with van der Waals surface area (Å²) in [6.07, 6.45) is 10.6. The smallest absolute Gasteiger partial charge is 0.421 e. The first-order valence-electron chi connectivity index (χ1n) is 17.4. The lowest BCUT2D eigenvalue weighted by atomic mass is 9.41. The normalized spacial score (nSPS) is 41.0. The summed E-state index contributed by atoms with van der Waals surface area (Å²) in [5, 5.41) is 22.2. The van der Waals surface area contributed by atoms with Crippen LogP contribution in [0.25, 0.3) is 0 Å². The molecule has 5 saturated carbocycles. The molecule has 0 radical (unpaired) electrons. The van der Waals surface area contributed by atoms with E-state index in [4.69, 9.17) is 9.47 Å². The summed E-state index contributed by atoms with van der Waals surface area (Å²) in [4.78, 5) is 16.7. The zero-order valence-corrected chi connectivity index (χ0v) is 28.5. The third kappa shape index (κ3) is 5.79. The van der Waals surface area contributed by atoms with Crippen LogP contribution in [0.5, 0.6) is 5.75 Å². The van der Waals surface area contributed by atoms with Gasteiger partial charge < -0.3 is 19.7 Å². The Labute approximate surface area is 269 Å². The van der Waals surface area contributed by atoms with E-state index in [9.17, 15) is 23.4 Å². The molecule has 0 spiro atoms. The molecule has 5 aliphatic rings. The Morgan fingerprint density at radius 2 is 1.73 bits per heavy atom. The van der Waals surface area contributed by atoms with Crippen molar-refractivity contribution in [1.29, 1.82) is 0 Å². The number of fused-ring (bicyclic) bond motifs is 5. The molecule has 1 aromatic heterocycles. The number of ether oxygens (including phenoxy) is 2. The minimum absolute atomic E-state index is 0.0213. The number of nitrogens with zero attached hydrogens (tertiary/aromatic N) is 1. The third-order valence-corrected chi connectivity index (χ3v) is 14.8. The second kappa shape index (κ2) is 12.0. The molecule has 1 amide bonds. The highest BCUT2D eigenvalue weighted by Gasteiger charge is 2.65. The van der Waals surface area contributed by atoms with Gasteiger partial charge in [0.15, 0.2) is 5.03 Å². The fourth-order valence-electron chi connectivity index (χ4n) is 11.1. The number of aliphatic hydroxyl groups excluding tert-OH is 2. The van der Waals surface area contributed by atoms with Crippen molar-refractivity contribution in [1.82, 2.24) is 9.71 Å². The van der Waals surface area contributed by atoms with Crippen molar-refractivity contribution in [2.24, 2.45) is 52.3 Å². The number of hydrogen-bond donors (Lipinski definition) is 3. The minimum atomic E-state index is -4.19. The SMILES string of the molecule is CC[C@H]1[C@@H](O)[C@@H]2[C@H](CC[C@]3(C)[C@@H]([C@H](C)COC(=O)NS(=O)(=O)c4ccc(OC5(C)CCC5)cn4)CC[C@@H]23)[C@@]2(C)CC[C@@H](O)C[C@@H]12. The first-order valence-corrected chi connectivity index (χ1v) is 18.9. The van der Waals surface area contributed by atoms with E-state index in [1.165, 1.54) is 12.3 Å². The maximum absolute atomic E-state index is 12.9. The predicted molar refractivity (Wildman–Crippen MR) is 170 cm³/mol. The zero-order chi connectivity index (χ0) is 32.4. The highest BCUT2D eigenvalue weighted by atomic mass is 32.2. The van der Waals surface area contributed by atoms with Crippen LogP contribution in [0.1, 0.15) is 105 Å². The molecule has 6 rings (SSSR count). The second-order valence-corrected chi connectivity index (χ2v) is 17.7. The number of amides is 1. The van der Waals surface area contributed by atoms with E-state index in [1.807, 2.05) is 11.6 Å². The Hall–Kier alpha value is -1.91. The number of sulfonamides is 1. The number of carbonyl (C=O) groups is 1.